The van der Waals surface area contributed by atoms with Crippen LogP contribution in [0.1, 0.15) is 53.1 Å². The summed E-state index contributed by atoms with van der Waals surface area (Å²) in [6.07, 6.45) is 9.05. The summed E-state index contributed by atoms with van der Waals surface area (Å²) in [5, 5.41) is 31.5. The Morgan fingerprint density at radius 3 is 1.78 bits per heavy atom. The van der Waals surface area contributed by atoms with E-state index in [1.165, 1.54) is 11.1 Å². The minimum atomic E-state index is -1.13. The van der Waals surface area contributed by atoms with Crippen molar-refractivity contribution in [3.05, 3.63) is 89.8 Å². The van der Waals surface area contributed by atoms with Gasteiger partial charge in [-0.05, 0) is 49.2 Å². The fourth-order valence-corrected chi connectivity index (χ4v) is 6.32. The number of aliphatic carboxylic acids is 3. The van der Waals surface area contributed by atoms with Crippen molar-refractivity contribution in [2.24, 2.45) is 0 Å². The maximum absolute atomic E-state index is 13.0. The topological polar surface area (TPSA) is 222 Å². The molecule has 2 atom stereocenters. The van der Waals surface area contributed by atoms with Crippen LogP contribution in [0.3, 0.4) is 0 Å². The van der Waals surface area contributed by atoms with Crippen molar-refractivity contribution in [3.63, 3.8) is 0 Å². The van der Waals surface area contributed by atoms with Gasteiger partial charge in [0.25, 0.3) is 5.91 Å². The number of carboxylic acid groups (broad SMARTS) is 3. The van der Waals surface area contributed by atoms with Gasteiger partial charge in [-0.15, -0.1) is 0 Å². The fourth-order valence-electron chi connectivity index (χ4n) is 6.32. The molecule has 3 aromatic rings. The van der Waals surface area contributed by atoms with E-state index in [9.17, 15) is 34.5 Å². The molecule has 1 aliphatic carbocycles. The Hall–Kier alpha value is -4.31. The SMILES string of the molecule is O=C(O)CN(CCc1ccc(C(=O)NCCN(CCc2ccccn2)Cc2ccccn2)cn1)C1CCCCC1N(CC(=O)O)CC(=O)O.[Mn+2].[OH3+]. The second kappa shape index (κ2) is 22.5. The predicted octanol–water partition coefficient (Wildman–Crippen LogP) is 1.13. The molecule has 3 aromatic heterocycles. The minimum Gasteiger partial charge on any atom is -0.480 e. The molecule has 16 heteroatoms. The summed E-state index contributed by atoms with van der Waals surface area (Å²) in [7, 11) is 0. The molecule has 1 aliphatic rings. The third-order valence-electron chi connectivity index (χ3n) is 8.62. The van der Waals surface area contributed by atoms with E-state index >= 15 is 0 Å². The summed E-state index contributed by atoms with van der Waals surface area (Å²) in [5.74, 6) is -3.55. The van der Waals surface area contributed by atoms with Crippen molar-refractivity contribution in [2.75, 3.05) is 45.8 Å². The van der Waals surface area contributed by atoms with E-state index in [1.807, 2.05) is 36.4 Å². The van der Waals surface area contributed by atoms with Gasteiger partial charge in [0.05, 0.1) is 30.9 Å². The number of aromatic nitrogens is 3. The van der Waals surface area contributed by atoms with Gasteiger partial charge in [-0.3, -0.25) is 48.8 Å². The van der Waals surface area contributed by atoms with E-state index < -0.39 is 37.0 Å². The quantitative estimate of drug-likeness (QED) is 0.0941. The van der Waals surface area contributed by atoms with Gasteiger partial charge in [0.15, 0.2) is 0 Å². The van der Waals surface area contributed by atoms with Crippen LogP contribution in [0.2, 0.25) is 0 Å². The number of nitrogens with one attached hydrogen (secondary N) is 1. The van der Waals surface area contributed by atoms with E-state index in [1.54, 1.807) is 29.4 Å². The van der Waals surface area contributed by atoms with E-state index in [-0.39, 0.29) is 41.0 Å². The van der Waals surface area contributed by atoms with Crippen LogP contribution in [0.15, 0.2) is 67.1 Å². The molecule has 7 N–H and O–H groups in total. The molecule has 0 spiro atoms. The maximum Gasteiger partial charge on any atom is 2.00 e. The Kier molecular flexibility index (Phi) is 18.9. The van der Waals surface area contributed by atoms with Gasteiger partial charge in [0.1, 0.15) is 0 Å². The van der Waals surface area contributed by atoms with Crippen LogP contribution in [0, 0.1) is 0 Å². The Labute approximate surface area is 307 Å². The van der Waals surface area contributed by atoms with E-state index in [2.05, 4.69) is 25.2 Å². The summed E-state index contributed by atoms with van der Waals surface area (Å²) in [5.41, 5.74) is 3.00. The van der Waals surface area contributed by atoms with E-state index in [0.29, 0.717) is 56.7 Å². The van der Waals surface area contributed by atoms with Crippen molar-refractivity contribution >= 4 is 23.8 Å². The van der Waals surface area contributed by atoms with Gasteiger partial charge in [-0.25, -0.2) is 0 Å². The van der Waals surface area contributed by atoms with Crippen LogP contribution < -0.4 is 5.32 Å². The van der Waals surface area contributed by atoms with Crippen LogP contribution in [-0.4, -0.2) is 127 Å². The van der Waals surface area contributed by atoms with E-state index in [0.717, 1.165) is 37.2 Å². The van der Waals surface area contributed by atoms with Gasteiger partial charge in [-0.1, -0.05) is 25.0 Å². The van der Waals surface area contributed by atoms with Crippen LogP contribution >= 0.6 is 0 Å². The molecule has 15 nitrogen and oxygen atoms in total. The average molecular weight is 750 g/mol. The predicted molar refractivity (Wildman–Crippen MR) is 185 cm³/mol. The number of nitrogens with zero attached hydrogens (tertiary/aromatic N) is 6. The molecule has 1 fully saturated rings. The zero-order valence-electron chi connectivity index (χ0n) is 28.5. The first-order valence-corrected chi connectivity index (χ1v) is 16.6. The first-order chi connectivity index (χ1) is 23.7. The number of pyridine rings is 3. The fraction of sp³-hybridized carbons (Fsp3) is 0.457. The number of amides is 1. The van der Waals surface area contributed by atoms with Crippen molar-refractivity contribution in [1.29, 1.82) is 0 Å². The second-order valence-electron chi connectivity index (χ2n) is 12.2. The van der Waals surface area contributed by atoms with Crippen molar-refractivity contribution in [2.45, 2.75) is 57.2 Å². The van der Waals surface area contributed by atoms with Crippen LogP contribution in [0.4, 0.5) is 0 Å². The molecule has 3 heterocycles. The zero-order chi connectivity index (χ0) is 35.0. The monoisotopic (exact) mass is 749 g/mol. The van der Waals surface area contributed by atoms with Gasteiger partial charge >= 0.3 is 35.0 Å². The third kappa shape index (κ3) is 14.8. The zero-order valence-corrected chi connectivity index (χ0v) is 29.7. The number of hydrogen-bond acceptors (Lipinski definition) is 10. The van der Waals surface area contributed by atoms with Crippen LogP contribution in [-0.2, 0) is 56.3 Å². The van der Waals surface area contributed by atoms with Gasteiger partial charge < -0.3 is 26.1 Å². The third-order valence-corrected chi connectivity index (χ3v) is 8.62. The number of hydrogen-bond donors (Lipinski definition) is 4. The molecule has 0 aliphatic heterocycles. The van der Waals surface area contributed by atoms with E-state index in [4.69, 9.17) is 0 Å². The number of rotatable bonds is 20. The van der Waals surface area contributed by atoms with Gasteiger partial charge in [0, 0.05) is 87.6 Å². The Balaban J connectivity index is 0.00000451. The first-order valence-electron chi connectivity index (χ1n) is 16.6. The normalized spacial score (nSPS) is 15.5. The molecule has 51 heavy (non-hydrogen) atoms. The molecule has 0 bridgehead atoms. The summed E-state index contributed by atoms with van der Waals surface area (Å²) >= 11 is 0. The number of carbonyl (C=O) groups is 4. The number of carboxylic acids is 3. The summed E-state index contributed by atoms with van der Waals surface area (Å²) in [6.45, 7) is 1.59. The molecule has 1 saturated carbocycles. The van der Waals surface area contributed by atoms with Crippen molar-refractivity contribution in [1.82, 2.24) is 35.0 Å². The molecular weight excluding hydrogens is 701 g/mol. The Morgan fingerprint density at radius 2 is 1.24 bits per heavy atom. The molecule has 1 radical (unpaired) electrons. The Bertz CT molecular complexity index is 1490. The standard InChI is InChI=1S/C35H45N7O7.Mn.H2O/c43-32(44)23-41(30-9-1-2-10-31(30)42(24-33(45)46)25-34(47)48)19-14-28-12-11-26(21-39-28)35(49)38-17-20-40(22-29-8-4-6-16-37-29)18-13-27-7-3-5-15-36-27;;/h3-8,11-12,15-16,21,30-31H,1-2,9-10,13-14,17-20,22-25H2,(H,38,49)(H,43,44)(H,45,46)(H,47,48);;1H2/q;+2;/p+1. The maximum atomic E-state index is 13.0. The van der Waals surface area contributed by atoms with Crippen LogP contribution in [0.5, 0.6) is 0 Å². The molecule has 0 saturated heterocycles. The van der Waals surface area contributed by atoms with Crippen LogP contribution in [0.25, 0.3) is 0 Å². The van der Waals surface area contributed by atoms with Gasteiger partial charge in [-0.2, -0.15) is 0 Å². The molecule has 4 rings (SSSR count). The smallest absolute Gasteiger partial charge is 0.480 e. The largest absolute Gasteiger partial charge is 2.00 e. The minimum absolute atomic E-state index is 0. The molecular formula is C35H48MnN7O8+3. The average Bonchev–Trinajstić information content (AvgIpc) is 3.09. The molecule has 1 amide bonds. The summed E-state index contributed by atoms with van der Waals surface area (Å²) in [4.78, 5) is 66.6. The summed E-state index contributed by atoms with van der Waals surface area (Å²) < 4.78 is 0. The number of carbonyl (C=O) groups excluding carboxylic acids is 1. The van der Waals surface area contributed by atoms with Crippen molar-refractivity contribution < 1.29 is 57.0 Å². The molecule has 2 unspecified atom stereocenters. The first kappa shape index (κ1) is 42.9. The second-order valence-corrected chi connectivity index (χ2v) is 12.2. The van der Waals surface area contributed by atoms with Gasteiger partial charge in [0.2, 0.25) is 0 Å². The van der Waals surface area contributed by atoms with Crippen molar-refractivity contribution in [3.8, 4) is 0 Å². The Morgan fingerprint density at radius 1 is 0.686 bits per heavy atom. The summed E-state index contributed by atoms with van der Waals surface area (Å²) in [6, 6.07) is 14.3. The molecule has 275 valence electrons. The molecule has 0 aromatic carbocycles.